The van der Waals surface area contributed by atoms with E-state index in [1.807, 2.05) is 13.8 Å². The van der Waals surface area contributed by atoms with Crippen LogP contribution in [0.1, 0.15) is 51.4 Å². The molecule has 0 atom stereocenters. The summed E-state index contributed by atoms with van der Waals surface area (Å²) in [6.45, 7) is 3.76. The van der Waals surface area contributed by atoms with E-state index in [2.05, 4.69) is 15.1 Å². The van der Waals surface area contributed by atoms with Gasteiger partial charge >= 0.3 is 0 Å². The molecule has 0 aliphatic heterocycles. The average Bonchev–Trinajstić information content (AvgIpc) is 3.46. The van der Waals surface area contributed by atoms with Crippen LogP contribution < -0.4 is 5.56 Å². The lowest BCUT2D eigenvalue weighted by atomic mass is 10.0. The zero-order valence-electron chi connectivity index (χ0n) is 17.1. The van der Waals surface area contributed by atoms with Crippen molar-refractivity contribution in [3.63, 3.8) is 0 Å². The molecule has 0 unspecified atom stereocenters. The molecule has 3 aromatic heterocycles. The van der Waals surface area contributed by atoms with Gasteiger partial charge in [0.15, 0.2) is 5.69 Å². The fourth-order valence-corrected chi connectivity index (χ4v) is 4.49. The molecule has 0 spiro atoms. The van der Waals surface area contributed by atoms with Gasteiger partial charge in [0.25, 0.3) is 11.4 Å². The number of rotatable bonds is 4. The van der Waals surface area contributed by atoms with Gasteiger partial charge in [0, 0.05) is 13.2 Å². The molecule has 1 aliphatic rings. The molecule has 3 heterocycles. The van der Waals surface area contributed by atoms with Crippen LogP contribution in [0, 0.1) is 5.82 Å². The molecule has 5 rings (SSSR count). The number of aromatic nitrogens is 5. The molecule has 1 saturated carbocycles. The fraction of sp³-hybridized carbons (Fsp3) is 0.429. The predicted octanol–water partition coefficient (Wildman–Crippen LogP) is 3.83. The van der Waals surface area contributed by atoms with Crippen molar-refractivity contribution in [2.75, 3.05) is 7.11 Å². The van der Waals surface area contributed by atoms with Gasteiger partial charge in [-0.3, -0.25) is 9.20 Å². The molecule has 1 aromatic carbocycles. The minimum atomic E-state index is -0.556. The van der Waals surface area contributed by atoms with Crippen LogP contribution in [-0.2, 0) is 10.3 Å². The Labute approximate surface area is 171 Å². The standard InChI is InChI=1S/C21H22FN5O3/c1-12(2)27-15-10-13(22)6-7-14(15)26-11-23-16(17(26)19(27)28)18-24-20(25-30-18)21(29-3)8-4-5-9-21/h6-7,10-12H,4-5,8-9H2,1-3H3. The van der Waals surface area contributed by atoms with E-state index in [-0.39, 0.29) is 17.5 Å². The third kappa shape index (κ3) is 2.61. The molecule has 0 radical (unpaired) electrons. The van der Waals surface area contributed by atoms with Crippen molar-refractivity contribution in [1.29, 1.82) is 0 Å². The Morgan fingerprint density at radius 3 is 2.70 bits per heavy atom. The zero-order chi connectivity index (χ0) is 21.0. The van der Waals surface area contributed by atoms with E-state index in [1.165, 1.54) is 18.5 Å². The lowest BCUT2D eigenvalue weighted by molar-refractivity contribution is -0.0178. The first-order chi connectivity index (χ1) is 14.4. The minimum Gasteiger partial charge on any atom is -0.370 e. The molecule has 156 valence electrons. The van der Waals surface area contributed by atoms with Crippen LogP contribution in [0.5, 0.6) is 0 Å². The van der Waals surface area contributed by atoms with Gasteiger partial charge < -0.3 is 13.8 Å². The second-order valence-electron chi connectivity index (χ2n) is 8.04. The van der Waals surface area contributed by atoms with E-state index < -0.39 is 11.4 Å². The molecular formula is C21H22FN5O3. The Morgan fingerprint density at radius 1 is 1.23 bits per heavy atom. The maximum Gasteiger partial charge on any atom is 0.279 e. The topological polar surface area (TPSA) is 87.5 Å². The van der Waals surface area contributed by atoms with E-state index in [1.54, 1.807) is 22.1 Å². The smallest absolute Gasteiger partial charge is 0.279 e. The van der Waals surface area contributed by atoms with Gasteiger partial charge in [0.05, 0.1) is 11.0 Å². The minimum absolute atomic E-state index is 0.171. The number of ether oxygens (including phenoxy) is 1. The molecule has 4 aromatic rings. The monoisotopic (exact) mass is 411 g/mol. The van der Waals surface area contributed by atoms with Gasteiger partial charge in [0.1, 0.15) is 23.3 Å². The molecule has 1 aliphatic carbocycles. The number of fused-ring (bicyclic) bond motifs is 3. The Kier molecular flexibility index (Phi) is 4.25. The molecule has 0 saturated heterocycles. The summed E-state index contributed by atoms with van der Waals surface area (Å²) in [5.74, 6) is 0.245. The van der Waals surface area contributed by atoms with Crippen molar-refractivity contribution >= 4 is 16.6 Å². The highest BCUT2D eigenvalue weighted by molar-refractivity contribution is 5.83. The Balaban J connectivity index is 1.75. The van der Waals surface area contributed by atoms with E-state index in [0.717, 1.165) is 25.7 Å². The zero-order valence-corrected chi connectivity index (χ0v) is 17.1. The van der Waals surface area contributed by atoms with Gasteiger partial charge in [-0.05, 0) is 57.7 Å². The first-order valence-electron chi connectivity index (χ1n) is 10.1. The lowest BCUT2D eigenvalue weighted by Gasteiger charge is -2.22. The lowest BCUT2D eigenvalue weighted by Crippen LogP contribution is -2.26. The molecule has 30 heavy (non-hydrogen) atoms. The van der Waals surface area contributed by atoms with E-state index in [0.29, 0.717) is 28.1 Å². The Bertz CT molecular complexity index is 1310. The van der Waals surface area contributed by atoms with Crippen molar-refractivity contribution < 1.29 is 13.7 Å². The van der Waals surface area contributed by atoms with Gasteiger partial charge in [-0.2, -0.15) is 4.98 Å². The average molecular weight is 411 g/mol. The number of imidazole rings is 1. The summed E-state index contributed by atoms with van der Waals surface area (Å²) < 4.78 is 28.4. The quantitative estimate of drug-likeness (QED) is 0.507. The third-order valence-electron chi connectivity index (χ3n) is 6.00. The van der Waals surface area contributed by atoms with E-state index >= 15 is 0 Å². The highest BCUT2D eigenvalue weighted by Gasteiger charge is 2.40. The van der Waals surface area contributed by atoms with Crippen molar-refractivity contribution in [2.45, 2.75) is 51.2 Å². The molecule has 9 heteroatoms. The van der Waals surface area contributed by atoms with E-state index in [9.17, 15) is 9.18 Å². The van der Waals surface area contributed by atoms with Crippen molar-refractivity contribution in [3.05, 3.63) is 46.5 Å². The Hall–Kier alpha value is -3.07. The van der Waals surface area contributed by atoms with Crippen LogP contribution in [0.2, 0.25) is 0 Å². The summed E-state index contributed by atoms with van der Waals surface area (Å²) in [5.41, 5.74) is 0.945. The third-order valence-corrected chi connectivity index (χ3v) is 6.00. The summed E-state index contributed by atoms with van der Waals surface area (Å²) >= 11 is 0. The molecular weight excluding hydrogens is 389 g/mol. The molecule has 1 fully saturated rings. The van der Waals surface area contributed by atoms with Crippen LogP contribution >= 0.6 is 0 Å². The highest BCUT2D eigenvalue weighted by Crippen LogP contribution is 2.40. The molecule has 0 amide bonds. The second kappa shape index (κ2) is 6.73. The summed E-state index contributed by atoms with van der Waals surface area (Å²) in [6.07, 6.45) is 5.24. The first kappa shape index (κ1) is 18.9. The molecule has 0 N–H and O–H groups in total. The summed E-state index contributed by atoms with van der Waals surface area (Å²) in [6, 6.07) is 4.19. The molecule has 0 bridgehead atoms. The van der Waals surface area contributed by atoms with Gasteiger partial charge in [-0.1, -0.05) is 5.16 Å². The summed E-state index contributed by atoms with van der Waals surface area (Å²) in [7, 11) is 1.65. The molecule has 8 nitrogen and oxygen atoms in total. The van der Waals surface area contributed by atoms with Crippen LogP contribution in [0.4, 0.5) is 4.39 Å². The van der Waals surface area contributed by atoms with Crippen LogP contribution in [0.3, 0.4) is 0 Å². The summed E-state index contributed by atoms with van der Waals surface area (Å²) in [5, 5.41) is 4.15. The number of halogens is 1. The maximum atomic E-state index is 13.9. The predicted molar refractivity (Wildman–Crippen MR) is 108 cm³/mol. The van der Waals surface area contributed by atoms with Crippen LogP contribution in [-0.4, -0.2) is 31.2 Å². The highest BCUT2D eigenvalue weighted by atomic mass is 19.1. The largest absolute Gasteiger partial charge is 0.370 e. The van der Waals surface area contributed by atoms with Gasteiger partial charge in [-0.15, -0.1) is 0 Å². The normalized spacial score (nSPS) is 16.3. The van der Waals surface area contributed by atoms with E-state index in [4.69, 9.17) is 9.26 Å². The fourth-order valence-electron chi connectivity index (χ4n) is 4.49. The van der Waals surface area contributed by atoms with Crippen LogP contribution in [0.15, 0.2) is 33.8 Å². The number of nitrogens with zero attached hydrogens (tertiary/aromatic N) is 5. The first-order valence-corrected chi connectivity index (χ1v) is 10.1. The number of methoxy groups -OCH3 is 1. The number of hydrogen-bond donors (Lipinski definition) is 0. The summed E-state index contributed by atoms with van der Waals surface area (Å²) in [4.78, 5) is 22.4. The van der Waals surface area contributed by atoms with Crippen LogP contribution in [0.25, 0.3) is 28.1 Å². The maximum absolute atomic E-state index is 13.9. The van der Waals surface area contributed by atoms with Crippen molar-refractivity contribution in [1.82, 2.24) is 24.1 Å². The number of benzene rings is 1. The second-order valence-corrected chi connectivity index (χ2v) is 8.04. The van der Waals surface area contributed by atoms with Gasteiger partial charge in [-0.25, -0.2) is 9.37 Å². The Morgan fingerprint density at radius 2 is 2.00 bits per heavy atom. The SMILES string of the molecule is COC1(c2noc(-c3ncn4c3c(=O)n(C(C)C)c3cc(F)ccc34)n2)CCCC1. The number of hydrogen-bond acceptors (Lipinski definition) is 6. The van der Waals surface area contributed by atoms with Crippen molar-refractivity contribution in [2.24, 2.45) is 0 Å². The van der Waals surface area contributed by atoms with Gasteiger partial charge in [0.2, 0.25) is 5.82 Å². The van der Waals surface area contributed by atoms with Crippen molar-refractivity contribution in [3.8, 4) is 11.6 Å².